The highest BCUT2D eigenvalue weighted by Crippen LogP contribution is 2.29. The van der Waals surface area contributed by atoms with Gasteiger partial charge in [0.25, 0.3) is 0 Å². The quantitative estimate of drug-likeness (QED) is 0.714. The first kappa shape index (κ1) is 21.8. The maximum absolute atomic E-state index is 13.1. The molecule has 0 spiro atoms. The van der Waals surface area contributed by atoms with Crippen LogP contribution in [0.3, 0.4) is 0 Å². The number of hydrogen-bond donors (Lipinski definition) is 0. The van der Waals surface area contributed by atoms with Crippen LogP contribution in [0.5, 0.6) is 0 Å². The van der Waals surface area contributed by atoms with Gasteiger partial charge < -0.3 is 9.80 Å². The van der Waals surface area contributed by atoms with E-state index in [-0.39, 0.29) is 23.7 Å². The third kappa shape index (κ3) is 5.27. The summed E-state index contributed by atoms with van der Waals surface area (Å²) < 4.78 is 0. The van der Waals surface area contributed by atoms with Crippen molar-refractivity contribution < 1.29 is 9.59 Å². The second-order valence-electron chi connectivity index (χ2n) is 8.73. The number of benzene rings is 1. The van der Waals surface area contributed by atoms with E-state index in [4.69, 9.17) is 16.6 Å². The van der Waals surface area contributed by atoms with Crippen LogP contribution >= 0.6 is 11.6 Å². The third-order valence-corrected chi connectivity index (χ3v) is 6.97. The van der Waals surface area contributed by atoms with Crippen molar-refractivity contribution in [1.82, 2.24) is 14.8 Å². The number of nitrogens with zero attached hydrogens (tertiary/aromatic N) is 3. The summed E-state index contributed by atoms with van der Waals surface area (Å²) in [6.45, 7) is 4.53. The Hall–Kier alpha value is -2.40. The van der Waals surface area contributed by atoms with Gasteiger partial charge in [-0.1, -0.05) is 35.9 Å². The molecule has 2 amide bonds. The SMILES string of the molecule is CC(=O)N1CCC(C(=O)N2CCCC(c3cccc(Cc4ccccc4Cl)n3)C2)CC1. The number of likely N-dealkylation sites (tertiary alicyclic amines) is 2. The molecule has 3 heterocycles. The van der Waals surface area contributed by atoms with Crippen molar-refractivity contribution in [2.24, 2.45) is 5.92 Å². The van der Waals surface area contributed by atoms with Crippen molar-refractivity contribution in [3.63, 3.8) is 0 Å². The van der Waals surface area contributed by atoms with E-state index in [2.05, 4.69) is 12.1 Å². The molecular formula is C25H30ClN3O2. The lowest BCUT2D eigenvalue weighted by molar-refractivity contribution is -0.141. The Morgan fingerprint density at radius 1 is 1.00 bits per heavy atom. The molecule has 0 N–H and O–H groups in total. The first-order valence-electron chi connectivity index (χ1n) is 11.2. The molecule has 0 radical (unpaired) electrons. The van der Waals surface area contributed by atoms with Crippen molar-refractivity contribution in [3.8, 4) is 0 Å². The van der Waals surface area contributed by atoms with Crippen molar-refractivity contribution in [1.29, 1.82) is 0 Å². The number of piperidine rings is 2. The molecule has 2 aliphatic heterocycles. The normalized spacial score (nSPS) is 20.0. The van der Waals surface area contributed by atoms with Crippen LogP contribution in [0.2, 0.25) is 5.02 Å². The molecule has 0 aliphatic carbocycles. The first-order chi connectivity index (χ1) is 15.0. The Bertz CT molecular complexity index is 940. The number of pyridine rings is 1. The van der Waals surface area contributed by atoms with E-state index in [0.29, 0.717) is 19.5 Å². The summed E-state index contributed by atoms with van der Waals surface area (Å²) in [6, 6.07) is 14.1. The molecular weight excluding hydrogens is 410 g/mol. The average molecular weight is 440 g/mol. The molecule has 1 atom stereocenters. The van der Waals surface area contributed by atoms with Gasteiger partial charge in [0.1, 0.15) is 0 Å². The standard InChI is InChI=1S/C25H30ClN3O2/c1-18(30)28-14-11-19(12-15-28)25(31)29-13-5-7-21(17-29)24-10-4-8-22(27-24)16-20-6-2-3-9-23(20)26/h2-4,6,8-10,19,21H,5,7,11-17H2,1H3. The van der Waals surface area contributed by atoms with Crippen LogP contribution in [-0.2, 0) is 16.0 Å². The predicted octanol–water partition coefficient (Wildman–Crippen LogP) is 4.29. The minimum atomic E-state index is 0.0360. The predicted molar refractivity (Wildman–Crippen MR) is 122 cm³/mol. The summed E-state index contributed by atoms with van der Waals surface area (Å²) in [7, 11) is 0. The zero-order valence-corrected chi connectivity index (χ0v) is 18.9. The van der Waals surface area contributed by atoms with E-state index in [1.165, 1.54) is 0 Å². The van der Waals surface area contributed by atoms with Crippen LogP contribution in [-0.4, -0.2) is 52.8 Å². The molecule has 2 fully saturated rings. The summed E-state index contributed by atoms with van der Waals surface area (Å²) in [4.78, 5) is 33.5. The summed E-state index contributed by atoms with van der Waals surface area (Å²) in [6.07, 6.45) is 4.29. The zero-order valence-electron chi connectivity index (χ0n) is 18.1. The first-order valence-corrected chi connectivity index (χ1v) is 11.6. The second-order valence-corrected chi connectivity index (χ2v) is 9.13. The van der Waals surface area contributed by atoms with E-state index in [1.807, 2.05) is 40.1 Å². The number of hydrogen-bond acceptors (Lipinski definition) is 3. The van der Waals surface area contributed by atoms with Gasteiger partial charge in [-0.05, 0) is 49.4 Å². The second kappa shape index (κ2) is 9.82. The van der Waals surface area contributed by atoms with Gasteiger partial charge in [-0.15, -0.1) is 0 Å². The largest absolute Gasteiger partial charge is 0.343 e. The molecule has 2 aromatic rings. The molecule has 164 valence electrons. The van der Waals surface area contributed by atoms with Crippen molar-refractivity contribution in [3.05, 3.63) is 64.4 Å². The molecule has 0 bridgehead atoms. The molecule has 2 saturated heterocycles. The van der Waals surface area contributed by atoms with Gasteiger partial charge in [0, 0.05) is 67.8 Å². The molecule has 31 heavy (non-hydrogen) atoms. The molecule has 1 aromatic carbocycles. The lowest BCUT2D eigenvalue weighted by atomic mass is 9.90. The molecule has 5 nitrogen and oxygen atoms in total. The third-order valence-electron chi connectivity index (χ3n) is 6.60. The Kier molecular flexibility index (Phi) is 6.91. The zero-order chi connectivity index (χ0) is 21.8. The Balaban J connectivity index is 1.40. The summed E-state index contributed by atoms with van der Waals surface area (Å²) in [5.41, 5.74) is 3.14. The molecule has 1 aromatic heterocycles. The molecule has 6 heteroatoms. The number of halogens is 1. The van der Waals surface area contributed by atoms with Crippen LogP contribution in [0.4, 0.5) is 0 Å². The van der Waals surface area contributed by atoms with E-state index < -0.39 is 0 Å². The minimum absolute atomic E-state index is 0.0360. The summed E-state index contributed by atoms with van der Waals surface area (Å²) >= 11 is 6.32. The van der Waals surface area contributed by atoms with E-state index in [0.717, 1.165) is 60.7 Å². The van der Waals surface area contributed by atoms with Crippen LogP contribution in [0.1, 0.15) is 55.5 Å². The lowest BCUT2D eigenvalue weighted by Crippen LogP contribution is -2.46. The van der Waals surface area contributed by atoms with Gasteiger partial charge in [-0.2, -0.15) is 0 Å². The lowest BCUT2D eigenvalue weighted by Gasteiger charge is -2.37. The van der Waals surface area contributed by atoms with Crippen LogP contribution in [0.25, 0.3) is 0 Å². The van der Waals surface area contributed by atoms with E-state index in [1.54, 1.807) is 6.92 Å². The maximum Gasteiger partial charge on any atom is 0.225 e. The highest BCUT2D eigenvalue weighted by molar-refractivity contribution is 6.31. The summed E-state index contributed by atoms with van der Waals surface area (Å²) in [5.74, 6) is 0.655. The van der Waals surface area contributed by atoms with Crippen LogP contribution in [0.15, 0.2) is 42.5 Å². The number of carbonyl (C=O) groups excluding carboxylic acids is 2. The van der Waals surface area contributed by atoms with Gasteiger partial charge in [0.2, 0.25) is 11.8 Å². The van der Waals surface area contributed by atoms with Gasteiger partial charge in [-0.25, -0.2) is 0 Å². The Morgan fingerprint density at radius 2 is 1.77 bits per heavy atom. The van der Waals surface area contributed by atoms with Crippen molar-refractivity contribution >= 4 is 23.4 Å². The molecule has 1 unspecified atom stereocenters. The number of amides is 2. The van der Waals surface area contributed by atoms with E-state index >= 15 is 0 Å². The number of aromatic nitrogens is 1. The van der Waals surface area contributed by atoms with Gasteiger partial charge in [-0.3, -0.25) is 14.6 Å². The minimum Gasteiger partial charge on any atom is -0.343 e. The highest BCUT2D eigenvalue weighted by atomic mass is 35.5. The topological polar surface area (TPSA) is 53.5 Å². The van der Waals surface area contributed by atoms with Gasteiger partial charge in [0.15, 0.2) is 0 Å². The Labute approximate surface area is 189 Å². The fourth-order valence-corrected chi connectivity index (χ4v) is 4.98. The molecule has 0 saturated carbocycles. The van der Waals surface area contributed by atoms with Crippen LogP contribution in [0, 0.1) is 5.92 Å². The van der Waals surface area contributed by atoms with Crippen LogP contribution < -0.4 is 0 Å². The fraction of sp³-hybridized carbons (Fsp3) is 0.480. The Morgan fingerprint density at radius 3 is 2.52 bits per heavy atom. The highest BCUT2D eigenvalue weighted by Gasteiger charge is 2.32. The monoisotopic (exact) mass is 439 g/mol. The fourth-order valence-electron chi connectivity index (χ4n) is 4.78. The number of carbonyl (C=O) groups is 2. The molecule has 2 aliphatic rings. The van der Waals surface area contributed by atoms with Gasteiger partial charge >= 0.3 is 0 Å². The molecule has 4 rings (SSSR count). The van der Waals surface area contributed by atoms with Gasteiger partial charge in [0.05, 0.1) is 0 Å². The maximum atomic E-state index is 13.1. The van der Waals surface area contributed by atoms with Crippen molar-refractivity contribution in [2.45, 2.75) is 44.9 Å². The van der Waals surface area contributed by atoms with E-state index in [9.17, 15) is 9.59 Å². The summed E-state index contributed by atoms with van der Waals surface area (Å²) in [5, 5.41) is 0.764. The smallest absolute Gasteiger partial charge is 0.225 e. The van der Waals surface area contributed by atoms with Crippen molar-refractivity contribution in [2.75, 3.05) is 26.2 Å². The average Bonchev–Trinajstić information content (AvgIpc) is 2.80. The number of rotatable bonds is 4.